The van der Waals surface area contributed by atoms with Gasteiger partial charge < -0.3 is 5.32 Å². The summed E-state index contributed by atoms with van der Waals surface area (Å²) < 4.78 is 38.0. The van der Waals surface area contributed by atoms with Crippen molar-refractivity contribution in [2.45, 2.75) is 6.18 Å². The van der Waals surface area contributed by atoms with Crippen LogP contribution in [0.1, 0.15) is 11.1 Å². The lowest BCUT2D eigenvalue weighted by Gasteiger charge is -2.09. The molecule has 24 heavy (non-hydrogen) atoms. The molecule has 0 saturated carbocycles. The molecule has 0 aromatic heterocycles. The predicted molar refractivity (Wildman–Crippen MR) is 85.1 cm³/mol. The van der Waals surface area contributed by atoms with Gasteiger partial charge >= 0.3 is 6.18 Å². The first kappa shape index (κ1) is 17.6. The van der Waals surface area contributed by atoms with E-state index >= 15 is 0 Å². The highest BCUT2D eigenvalue weighted by Crippen LogP contribution is 2.30. The number of rotatable bonds is 3. The number of amides is 1. The number of hydrogen-bond donors (Lipinski definition) is 1. The maximum absolute atomic E-state index is 12.7. The number of nitrogens with one attached hydrogen (secondary N) is 1. The molecule has 0 bridgehead atoms. The van der Waals surface area contributed by atoms with Crippen molar-refractivity contribution >= 4 is 29.3 Å². The molecule has 0 spiro atoms. The minimum absolute atomic E-state index is 0.0601. The van der Waals surface area contributed by atoms with Gasteiger partial charge in [-0.3, -0.25) is 4.79 Å². The van der Waals surface area contributed by atoms with Gasteiger partial charge in [-0.2, -0.15) is 18.4 Å². The van der Waals surface area contributed by atoms with Gasteiger partial charge in [-0.1, -0.05) is 35.9 Å². The van der Waals surface area contributed by atoms with Gasteiger partial charge in [0.15, 0.2) is 0 Å². The van der Waals surface area contributed by atoms with Crippen molar-refractivity contribution in [1.82, 2.24) is 0 Å². The van der Waals surface area contributed by atoms with E-state index < -0.39 is 17.6 Å². The van der Waals surface area contributed by atoms with Gasteiger partial charge in [0.1, 0.15) is 11.6 Å². The van der Waals surface area contributed by atoms with Crippen LogP contribution in [0.25, 0.3) is 6.08 Å². The SMILES string of the molecule is N#CC(=Cc1ccccc1Cl)C(=O)Nc1cccc(C(F)(F)F)c1. The van der Waals surface area contributed by atoms with Crippen LogP contribution in [0.15, 0.2) is 54.1 Å². The van der Waals surface area contributed by atoms with Crippen LogP contribution in [0, 0.1) is 11.3 Å². The molecule has 0 aliphatic carbocycles. The van der Waals surface area contributed by atoms with Gasteiger partial charge in [0.05, 0.1) is 5.56 Å². The van der Waals surface area contributed by atoms with Crippen LogP contribution < -0.4 is 5.32 Å². The summed E-state index contributed by atoms with van der Waals surface area (Å²) in [6, 6.07) is 12.4. The van der Waals surface area contributed by atoms with Crippen LogP contribution in [0.2, 0.25) is 5.02 Å². The highest BCUT2D eigenvalue weighted by molar-refractivity contribution is 6.32. The fourth-order valence-electron chi connectivity index (χ4n) is 1.87. The third-order valence-corrected chi connectivity index (χ3v) is 3.36. The Labute approximate surface area is 141 Å². The molecular formula is C17H10ClF3N2O. The number of nitrogens with zero attached hydrogens (tertiary/aromatic N) is 1. The Morgan fingerprint density at radius 2 is 1.88 bits per heavy atom. The van der Waals surface area contributed by atoms with Crippen molar-refractivity contribution in [2.75, 3.05) is 5.32 Å². The molecule has 0 fully saturated rings. The van der Waals surface area contributed by atoms with E-state index in [4.69, 9.17) is 16.9 Å². The lowest BCUT2D eigenvalue weighted by atomic mass is 10.1. The van der Waals surface area contributed by atoms with Gasteiger partial charge in [0.2, 0.25) is 0 Å². The largest absolute Gasteiger partial charge is 0.416 e. The Bertz CT molecular complexity index is 838. The lowest BCUT2D eigenvalue weighted by molar-refractivity contribution is -0.137. The van der Waals surface area contributed by atoms with Crippen LogP contribution >= 0.6 is 11.6 Å². The van der Waals surface area contributed by atoms with Crippen LogP contribution in [-0.2, 0) is 11.0 Å². The Morgan fingerprint density at radius 1 is 1.17 bits per heavy atom. The third-order valence-electron chi connectivity index (χ3n) is 3.02. The van der Waals surface area contributed by atoms with Gasteiger partial charge in [-0.15, -0.1) is 0 Å². The topological polar surface area (TPSA) is 52.9 Å². The van der Waals surface area contributed by atoms with Crippen molar-refractivity contribution in [3.8, 4) is 6.07 Å². The summed E-state index contributed by atoms with van der Waals surface area (Å²) in [5.41, 5.74) is -0.778. The predicted octanol–water partition coefficient (Wildman–Crippen LogP) is 4.90. The van der Waals surface area contributed by atoms with E-state index in [1.807, 2.05) is 0 Å². The minimum atomic E-state index is -4.52. The first-order chi connectivity index (χ1) is 11.3. The fourth-order valence-corrected chi connectivity index (χ4v) is 2.06. The smallest absolute Gasteiger partial charge is 0.321 e. The number of hydrogen-bond acceptors (Lipinski definition) is 2. The van der Waals surface area contributed by atoms with Gasteiger partial charge in [-0.25, -0.2) is 0 Å². The molecule has 122 valence electrons. The maximum atomic E-state index is 12.7. The summed E-state index contributed by atoms with van der Waals surface area (Å²) in [4.78, 5) is 12.1. The second kappa shape index (κ2) is 7.20. The van der Waals surface area contributed by atoms with E-state index in [1.165, 1.54) is 18.2 Å². The molecule has 1 N–H and O–H groups in total. The average Bonchev–Trinajstić information content (AvgIpc) is 2.53. The molecule has 0 radical (unpaired) electrons. The molecule has 2 aromatic carbocycles. The molecule has 2 aromatic rings. The molecule has 0 saturated heterocycles. The van der Waals surface area contributed by atoms with E-state index in [0.717, 1.165) is 12.1 Å². The van der Waals surface area contributed by atoms with E-state index in [9.17, 15) is 18.0 Å². The Morgan fingerprint density at radius 3 is 2.50 bits per heavy atom. The molecule has 3 nitrogen and oxygen atoms in total. The summed E-state index contributed by atoms with van der Waals surface area (Å²) in [6.07, 6.45) is -3.25. The quantitative estimate of drug-likeness (QED) is 0.632. The summed E-state index contributed by atoms with van der Waals surface area (Å²) in [5, 5.41) is 11.7. The average molecular weight is 351 g/mol. The maximum Gasteiger partial charge on any atom is 0.416 e. The number of halogens is 4. The molecule has 0 atom stereocenters. The molecule has 0 unspecified atom stereocenters. The number of alkyl halides is 3. The number of carbonyl (C=O) groups is 1. The third kappa shape index (κ3) is 4.37. The van der Waals surface area contributed by atoms with Crippen LogP contribution in [0.3, 0.4) is 0 Å². The van der Waals surface area contributed by atoms with Crippen molar-refractivity contribution < 1.29 is 18.0 Å². The van der Waals surface area contributed by atoms with Gasteiger partial charge in [-0.05, 0) is 35.9 Å². The first-order valence-corrected chi connectivity index (χ1v) is 7.04. The molecule has 0 heterocycles. The Hall–Kier alpha value is -2.78. The Kier molecular flexibility index (Phi) is 5.27. The normalized spacial score (nSPS) is 11.7. The zero-order valence-corrected chi connectivity index (χ0v) is 12.8. The molecule has 1 amide bonds. The Balaban J connectivity index is 2.25. The van der Waals surface area contributed by atoms with E-state index in [1.54, 1.807) is 30.3 Å². The summed E-state index contributed by atoms with van der Waals surface area (Å²) in [7, 11) is 0. The molecule has 0 aliphatic heterocycles. The summed E-state index contributed by atoms with van der Waals surface area (Å²) in [6.45, 7) is 0. The van der Waals surface area contributed by atoms with Gasteiger partial charge in [0, 0.05) is 10.7 Å². The summed E-state index contributed by atoms with van der Waals surface area (Å²) in [5.74, 6) is -0.822. The van der Waals surface area contributed by atoms with Crippen LogP contribution in [-0.4, -0.2) is 5.91 Å². The first-order valence-electron chi connectivity index (χ1n) is 6.66. The number of benzene rings is 2. The van der Waals surface area contributed by atoms with Gasteiger partial charge in [0.25, 0.3) is 5.91 Å². The molecular weight excluding hydrogens is 341 g/mol. The minimum Gasteiger partial charge on any atom is -0.321 e. The van der Waals surface area contributed by atoms with Crippen LogP contribution in [0.5, 0.6) is 0 Å². The highest BCUT2D eigenvalue weighted by atomic mass is 35.5. The van der Waals surface area contributed by atoms with Crippen molar-refractivity contribution in [1.29, 1.82) is 5.26 Å². The summed E-state index contributed by atoms with van der Waals surface area (Å²) >= 11 is 5.95. The fraction of sp³-hybridized carbons (Fsp3) is 0.0588. The zero-order chi connectivity index (χ0) is 17.7. The molecule has 0 aliphatic rings. The molecule has 2 rings (SSSR count). The lowest BCUT2D eigenvalue weighted by Crippen LogP contribution is -2.14. The van der Waals surface area contributed by atoms with Crippen molar-refractivity contribution in [3.05, 3.63) is 70.3 Å². The number of nitriles is 1. The van der Waals surface area contributed by atoms with E-state index in [2.05, 4.69) is 5.32 Å². The monoisotopic (exact) mass is 350 g/mol. The number of carbonyl (C=O) groups excluding carboxylic acids is 1. The molecule has 7 heteroatoms. The highest BCUT2D eigenvalue weighted by Gasteiger charge is 2.30. The number of anilines is 1. The van der Waals surface area contributed by atoms with E-state index in [0.29, 0.717) is 10.6 Å². The standard InChI is InChI=1S/C17H10ClF3N2O/c18-15-7-2-1-4-11(15)8-12(10-22)16(24)23-14-6-3-5-13(9-14)17(19,20)21/h1-9H,(H,23,24). The van der Waals surface area contributed by atoms with Crippen molar-refractivity contribution in [3.63, 3.8) is 0 Å². The second-order valence-corrected chi connectivity index (χ2v) is 5.13. The van der Waals surface area contributed by atoms with Crippen LogP contribution in [0.4, 0.5) is 18.9 Å². The van der Waals surface area contributed by atoms with E-state index in [-0.39, 0.29) is 11.3 Å². The van der Waals surface area contributed by atoms with Crippen molar-refractivity contribution in [2.24, 2.45) is 0 Å². The zero-order valence-electron chi connectivity index (χ0n) is 12.1. The second-order valence-electron chi connectivity index (χ2n) is 4.72.